The second-order valence-corrected chi connectivity index (χ2v) is 11.2. The summed E-state index contributed by atoms with van der Waals surface area (Å²) < 4.78 is 6.66. The van der Waals surface area contributed by atoms with Gasteiger partial charge in [0, 0.05) is 16.3 Å². The Hall–Kier alpha value is -5.66. The summed E-state index contributed by atoms with van der Waals surface area (Å²) in [4.78, 5) is 0. The summed E-state index contributed by atoms with van der Waals surface area (Å²) in [5.41, 5.74) is 9.05. The Balaban J connectivity index is 1.40. The third-order valence-corrected chi connectivity index (χ3v) is 8.85. The summed E-state index contributed by atoms with van der Waals surface area (Å²) in [7, 11) is 0. The third-order valence-electron chi connectivity index (χ3n) is 8.85. The number of hydrogen-bond donors (Lipinski definition) is 0. The number of furan rings is 1. The van der Waals surface area contributed by atoms with Gasteiger partial charge >= 0.3 is 0 Å². The molecule has 0 atom stereocenters. The van der Waals surface area contributed by atoms with E-state index >= 15 is 0 Å². The molecule has 0 saturated heterocycles. The molecule has 0 amide bonds. The van der Waals surface area contributed by atoms with Gasteiger partial charge in [-0.3, -0.25) is 0 Å². The number of fused-ring (bicyclic) bond motifs is 6. The maximum Gasteiger partial charge on any atom is 0.143 e. The lowest BCUT2D eigenvalue weighted by Gasteiger charge is -2.18. The van der Waals surface area contributed by atoms with E-state index in [2.05, 4.69) is 158 Å². The van der Waals surface area contributed by atoms with Gasteiger partial charge in [-0.25, -0.2) is 0 Å². The summed E-state index contributed by atoms with van der Waals surface area (Å²) in [5.74, 6) is 0. The van der Waals surface area contributed by atoms with Crippen LogP contribution in [0.5, 0.6) is 0 Å². The van der Waals surface area contributed by atoms with Crippen molar-refractivity contribution in [3.8, 4) is 33.4 Å². The van der Waals surface area contributed by atoms with Crippen LogP contribution in [-0.4, -0.2) is 0 Å². The maximum atomic E-state index is 6.66. The number of benzene rings is 8. The molecule has 1 nitrogen and oxygen atoms in total. The van der Waals surface area contributed by atoms with E-state index in [1.54, 1.807) is 0 Å². The highest BCUT2D eigenvalue weighted by Gasteiger charge is 2.21. The molecule has 0 spiro atoms. The monoisotopic (exact) mass is 546 g/mol. The third kappa shape index (κ3) is 3.65. The van der Waals surface area contributed by atoms with Gasteiger partial charge in [0.1, 0.15) is 11.2 Å². The minimum Gasteiger partial charge on any atom is -0.455 e. The molecular formula is C42H26O. The van der Waals surface area contributed by atoms with Crippen molar-refractivity contribution in [1.82, 2.24) is 0 Å². The molecule has 0 saturated carbocycles. The minimum absolute atomic E-state index is 0.905. The van der Waals surface area contributed by atoms with E-state index in [1.165, 1.54) is 54.6 Å². The molecule has 0 aliphatic rings. The molecule has 43 heavy (non-hydrogen) atoms. The Morgan fingerprint density at radius 3 is 1.67 bits per heavy atom. The van der Waals surface area contributed by atoms with Crippen molar-refractivity contribution >= 4 is 54.3 Å². The highest BCUT2D eigenvalue weighted by molar-refractivity contribution is 6.26. The van der Waals surface area contributed by atoms with Crippen LogP contribution in [0.15, 0.2) is 162 Å². The highest BCUT2D eigenvalue weighted by atomic mass is 16.3. The fraction of sp³-hybridized carbons (Fsp3) is 0. The molecule has 9 rings (SSSR count). The summed E-state index contributed by atoms with van der Waals surface area (Å²) in [6.45, 7) is 0. The van der Waals surface area contributed by atoms with Crippen molar-refractivity contribution in [2.45, 2.75) is 0 Å². The summed E-state index contributed by atoms with van der Waals surface area (Å²) in [6.07, 6.45) is 0. The number of para-hydroxylation sites is 1. The van der Waals surface area contributed by atoms with Crippen LogP contribution in [0.4, 0.5) is 0 Å². The smallest absolute Gasteiger partial charge is 0.143 e. The van der Waals surface area contributed by atoms with Crippen LogP contribution in [0.2, 0.25) is 0 Å². The van der Waals surface area contributed by atoms with E-state index in [0.717, 1.165) is 33.1 Å². The Bertz CT molecular complexity index is 2440. The van der Waals surface area contributed by atoms with Gasteiger partial charge in [-0.05, 0) is 72.3 Å². The SMILES string of the molecule is c1ccc(-c2cccc3c2oc2cccc(-c4c5ccccc5c(-c5ccc6ccccc6c5)c5ccccc45)c23)cc1. The Kier molecular flexibility index (Phi) is 5.27. The zero-order valence-electron chi connectivity index (χ0n) is 23.4. The normalized spacial score (nSPS) is 11.7. The molecule has 1 heteroatoms. The molecule has 9 aromatic rings. The minimum atomic E-state index is 0.905. The lowest BCUT2D eigenvalue weighted by Crippen LogP contribution is -1.91. The van der Waals surface area contributed by atoms with Gasteiger partial charge < -0.3 is 4.42 Å². The van der Waals surface area contributed by atoms with Crippen LogP contribution in [0.25, 0.3) is 87.6 Å². The average Bonchev–Trinajstić information content (AvgIpc) is 3.47. The lowest BCUT2D eigenvalue weighted by molar-refractivity contribution is 0.670. The summed E-state index contributed by atoms with van der Waals surface area (Å²) in [6, 6.07) is 56.7. The average molecular weight is 547 g/mol. The molecule has 1 aromatic heterocycles. The topological polar surface area (TPSA) is 13.1 Å². The predicted molar refractivity (Wildman–Crippen MR) is 183 cm³/mol. The van der Waals surface area contributed by atoms with Crippen molar-refractivity contribution < 1.29 is 4.42 Å². The van der Waals surface area contributed by atoms with Crippen LogP contribution in [0.1, 0.15) is 0 Å². The van der Waals surface area contributed by atoms with Gasteiger partial charge in [-0.2, -0.15) is 0 Å². The van der Waals surface area contributed by atoms with E-state index in [9.17, 15) is 0 Å². The van der Waals surface area contributed by atoms with E-state index in [-0.39, 0.29) is 0 Å². The number of rotatable bonds is 3. The Labute approximate surface area is 249 Å². The van der Waals surface area contributed by atoms with Gasteiger partial charge in [0.05, 0.1) is 0 Å². The van der Waals surface area contributed by atoms with Gasteiger partial charge in [0.25, 0.3) is 0 Å². The summed E-state index contributed by atoms with van der Waals surface area (Å²) >= 11 is 0. The van der Waals surface area contributed by atoms with Crippen LogP contribution in [-0.2, 0) is 0 Å². The Morgan fingerprint density at radius 2 is 0.930 bits per heavy atom. The molecule has 0 unspecified atom stereocenters. The molecule has 8 aromatic carbocycles. The molecule has 0 bridgehead atoms. The molecule has 0 N–H and O–H groups in total. The van der Waals surface area contributed by atoms with E-state index in [4.69, 9.17) is 4.42 Å². The number of hydrogen-bond acceptors (Lipinski definition) is 1. The van der Waals surface area contributed by atoms with E-state index < -0.39 is 0 Å². The van der Waals surface area contributed by atoms with Crippen molar-refractivity contribution in [1.29, 1.82) is 0 Å². The first kappa shape index (κ1) is 24.0. The zero-order chi connectivity index (χ0) is 28.3. The first-order valence-electron chi connectivity index (χ1n) is 14.8. The predicted octanol–water partition coefficient (Wildman–Crippen LogP) is 12.0. The first-order chi connectivity index (χ1) is 21.3. The fourth-order valence-corrected chi connectivity index (χ4v) is 6.98. The molecule has 0 radical (unpaired) electrons. The second kappa shape index (κ2) is 9.44. The molecule has 0 aliphatic heterocycles. The van der Waals surface area contributed by atoms with Gasteiger partial charge in [-0.15, -0.1) is 0 Å². The van der Waals surface area contributed by atoms with Crippen molar-refractivity contribution in [2.24, 2.45) is 0 Å². The molecule has 200 valence electrons. The zero-order valence-corrected chi connectivity index (χ0v) is 23.4. The molecule has 1 heterocycles. The molecule has 0 aliphatic carbocycles. The highest BCUT2D eigenvalue weighted by Crippen LogP contribution is 2.47. The first-order valence-corrected chi connectivity index (χ1v) is 14.8. The summed E-state index contributed by atoms with van der Waals surface area (Å²) in [5, 5.41) is 9.78. The van der Waals surface area contributed by atoms with E-state index in [1.807, 2.05) is 0 Å². The van der Waals surface area contributed by atoms with Gasteiger partial charge in [0.15, 0.2) is 0 Å². The largest absolute Gasteiger partial charge is 0.455 e. The van der Waals surface area contributed by atoms with Crippen LogP contribution < -0.4 is 0 Å². The van der Waals surface area contributed by atoms with Crippen molar-refractivity contribution in [2.75, 3.05) is 0 Å². The maximum absolute atomic E-state index is 6.66. The van der Waals surface area contributed by atoms with Gasteiger partial charge in [-0.1, -0.05) is 146 Å². The molecular weight excluding hydrogens is 520 g/mol. The van der Waals surface area contributed by atoms with Gasteiger partial charge in [0.2, 0.25) is 0 Å². The molecule has 0 fully saturated rings. The standard InChI is InChI=1S/C42H26O/c1-2-13-28(14-3-1)31-20-10-22-37-41-36(21-11-23-38(41)43-42(31)37)40-34-18-8-6-16-32(34)39(33-17-7-9-19-35(33)40)30-25-24-27-12-4-5-15-29(27)26-30/h1-26H. The van der Waals surface area contributed by atoms with E-state index in [0.29, 0.717) is 0 Å². The Morgan fingerprint density at radius 1 is 0.349 bits per heavy atom. The lowest BCUT2D eigenvalue weighted by atomic mass is 9.84. The van der Waals surface area contributed by atoms with Crippen LogP contribution >= 0.6 is 0 Å². The quantitative estimate of drug-likeness (QED) is 0.201. The van der Waals surface area contributed by atoms with Crippen molar-refractivity contribution in [3.05, 3.63) is 158 Å². The second-order valence-electron chi connectivity index (χ2n) is 11.2. The van der Waals surface area contributed by atoms with Crippen molar-refractivity contribution in [3.63, 3.8) is 0 Å². The van der Waals surface area contributed by atoms with Crippen LogP contribution in [0, 0.1) is 0 Å². The van der Waals surface area contributed by atoms with Crippen LogP contribution in [0.3, 0.4) is 0 Å². The fourth-order valence-electron chi connectivity index (χ4n) is 6.98.